The summed E-state index contributed by atoms with van der Waals surface area (Å²) < 4.78 is 15.3. The van der Waals surface area contributed by atoms with Crippen molar-refractivity contribution in [2.24, 2.45) is 0 Å². The number of aliphatic hydroxyl groups is 1. The average molecular weight is 241 g/mol. The molecule has 1 aromatic carbocycles. The second-order valence-corrected chi connectivity index (χ2v) is 3.67. The van der Waals surface area contributed by atoms with Crippen LogP contribution in [-0.2, 0) is 9.47 Å². The summed E-state index contributed by atoms with van der Waals surface area (Å²) in [5.41, 5.74) is 0.700. The van der Waals surface area contributed by atoms with E-state index in [0.29, 0.717) is 5.56 Å². The lowest BCUT2D eigenvalue weighted by Gasteiger charge is -2.30. The Morgan fingerprint density at radius 2 is 1.65 bits per heavy atom. The van der Waals surface area contributed by atoms with Crippen molar-refractivity contribution in [2.75, 3.05) is 21.3 Å². The molecule has 0 saturated heterocycles. The van der Waals surface area contributed by atoms with Gasteiger partial charge in [-0.1, -0.05) is 12.1 Å². The summed E-state index contributed by atoms with van der Waals surface area (Å²) in [5, 5.41) is 12.8. The second kappa shape index (κ2) is 5.97. The molecule has 96 valence electrons. The number of hydrogen-bond acceptors (Lipinski definition) is 5. The van der Waals surface area contributed by atoms with Gasteiger partial charge in [0.2, 0.25) is 5.91 Å². The van der Waals surface area contributed by atoms with E-state index in [0.717, 1.165) is 5.75 Å². The van der Waals surface area contributed by atoms with Crippen LogP contribution < -0.4 is 10.1 Å². The van der Waals surface area contributed by atoms with Gasteiger partial charge in [0.05, 0.1) is 7.11 Å². The summed E-state index contributed by atoms with van der Waals surface area (Å²) in [6.45, 7) is 1.68. The van der Waals surface area contributed by atoms with E-state index in [1.807, 2.05) is 0 Å². The molecular weight excluding hydrogens is 222 g/mol. The fourth-order valence-electron chi connectivity index (χ4n) is 1.32. The van der Waals surface area contributed by atoms with Gasteiger partial charge in [0.1, 0.15) is 12.0 Å². The molecule has 0 aliphatic carbocycles. The Labute approximate surface area is 101 Å². The lowest BCUT2D eigenvalue weighted by atomic mass is 10.2. The largest absolute Gasteiger partial charge is 0.497 e. The van der Waals surface area contributed by atoms with E-state index in [-0.39, 0.29) is 0 Å². The summed E-state index contributed by atoms with van der Waals surface area (Å²) in [5.74, 6) is -0.290. The van der Waals surface area contributed by atoms with Gasteiger partial charge in [-0.2, -0.15) is 0 Å². The van der Waals surface area contributed by atoms with Gasteiger partial charge in [-0.05, 0) is 17.7 Å². The molecule has 0 aromatic heterocycles. The minimum Gasteiger partial charge on any atom is -0.497 e. The van der Waals surface area contributed by atoms with Crippen LogP contribution in [0.25, 0.3) is 0 Å². The number of benzene rings is 1. The van der Waals surface area contributed by atoms with E-state index >= 15 is 0 Å². The Kier molecular flexibility index (Phi) is 4.89. The second-order valence-electron chi connectivity index (χ2n) is 3.67. The molecule has 0 aliphatic heterocycles. The molecule has 0 radical (unpaired) electrons. The van der Waals surface area contributed by atoms with Crippen molar-refractivity contribution in [1.82, 2.24) is 5.32 Å². The van der Waals surface area contributed by atoms with Gasteiger partial charge in [-0.15, -0.1) is 0 Å². The predicted octanol–water partition coefficient (Wildman–Crippen LogP) is 1.24. The van der Waals surface area contributed by atoms with Crippen LogP contribution in [0.15, 0.2) is 24.3 Å². The van der Waals surface area contributed by atoms with Crippen LogP contribution in [0.1, 0.15) is 18.7 Å². The molecule has 0 aliphatic rings. The molecule has 0 fully saturated rings. The molecule has 0 spiro atoms. The maximum Gasteiger partial charge on any atom is 0.226 e. The molecular formula is C12H19NO4. The van der Waals surface area contributed by atoms with Crippen molar-refractivity contribution < 1.29 is 19.3 Å². The number of nitrogens with one attached hydrogen (secondary N) is 1. The quantitative estimate of drug-likeness (QED) is 0.734. The normalized spacial score (nSPS) is 13.5. The van der Waals surface area contributed by atoms with Gasteiger partial charge in [-0.3, -0.25) is 0 Å². The summed E-state index contributed by atoms with van der Waals surface area (Å²) in [7, 11) is 4.59. The van der Waals surface area contributed by atoms with Crippen LogP contribution >= 0.6 is 0 Å². The average Bonchev–Trinajstić information content (AvgIpc) is 2.38. The summed E-state index contributed by atoms with van der Waals surface area (Å²) >= 11 is 0. The van der Waals surface area contributed by atoms with Crippen LogP contribution in [0.3, 0.4) is 0 Å². The summed E-state index contributed by atoms with van der Waals surface area (Å²) in [6, 6.07) is 7.08. The van der Waals surface area contributed by atoms with Gasteiger partial charge >= 0.3 is 0 Å². The standard InChI is InChI=1S/C12H19NO4/c1-12(16-3,17-4)13-11(14)9-5-7-10(15-2)8-6-9/h5-8,11,13-14H,1-4H3. The minimum atomic E-state index is -1.03. The van der Waals surface area contributed by atoms with Crippen molar-refractivity contribution in [1.29, 1.82) is 0 Å². The Morgan fingerprint density at radius 1 is 1.12 bits per heavy atom. The third-order valence-electron chi connectivity index (χ3n) is 2.61. The van der Waals surface area contributed by atoms with Crippen LogP contribution in [-0.4, -0.2) is 32.3 Å². The highest BCUT2D eigenvalue weighted by molar-refractivity contribution is 5.28. The Balaban J connectivity index is 2.71. The number of ether oxygens (including phenoxy) is 3. The predicted molar refractivity (Wildman–Crippen MR) is 63.5 cm³/mol. The molecule has 0 amide bonds. The van der Waals surface area contributed by atoms with Crippen LogP contribution in [0.2, 0.25) is 0 Å². The highest BCUT2D eigenvalue weighted by Crippen LogP contribution is 2.18. The summed E-state index contributed by atoms with van der Waals surface area (Å²) in [4.78, 5) is 0. The van der Waals surface area contributed by atoms with Gasteiger partial charge in [-0.25, -0.2) is 5.32 Å². The topological polar surface area (TPSA) is 60.0 Å². The lowest BCUT2D eigenvalue weighted by molar-refractivity contribution is -0.232. The first-order valence-electron chi connectivity index (χ1n) is 5.24. The van der Waals surface area contributed by atoms with E-state index in [2.05, 4.69) is 5.32 Å². The number of hydrogen-bond donors (Lipinski definition) is 2. The van der Waals surface area contributed by atoms with E-state index in [1.165, 1.54) is 14.2 Å². The van der Waals surface area contributed by atoms with Crippen molar-refractivity contribution >= 4 is 0 Å². The van der Waals surface area contributed by atoms with Crippen LogP contribution in [0.5, 0.6) is 5.75 Å². The first kappa shape index (κ1) is 13.9. The molecule has 1 aromatic rings. The molecule has 0 bridgehead atoms. The SMILES string of the molecule is COc1ccc(C(O)NC(C)(OC)OC)cc1. The first-order chi connectivity index (χ1) is 8.04. The lowest BCUT2D eigenvalue weighted by Crippen LogP contribution is -2.47. The van der Waals surface area contributed by atoms with Crippen molar-refractivity contribution in [3.8, 4) is 5.75 Å². The fraction of sp³-hybridized carbons (Fsp3) is 0.500. The third-order valence-corrected chi connectivity index (χ3v) is 2.61. The zero-order valence-corrected chi connectivity index (χ0v) is 10.6. The Bertz CT molecular complexity index is 335. The summed E-state index contributed by atoms with van der Waals surface area (Å²) in [6.07, 6.45) is -0.884. The molecule has 0 saturated carbocycles. The Morgan fingerprint density at radius 3 is 2.06 bits per heavy atom. The molecule has 1 rings (SSSR count). The van der Waals surface area contributed by atoms with Gasteiger partial charge in [0.25, 0.3) is 0 Å². The molecule has 5 heteroatoms. The zero-order chi connectivity index (χ0) is 12.9. The fourth-order valence-corrected chi connectivity index (χ4v) is 1.32. The zero-order valence-electron chi connectivity index (χ0n) is 10.6. The molecule has 1 atom stereocenters. The third kappa shape index (κ3) is 3.67. The monoisotopic (exact) mass is 241 g/mol. The minimum absolute atomic E-state index is 0.700. The highest BCUT2D eigenvalue weighted by Gasteiger charge is 2.26. The maximum atomic E-state index is 9.97. The van der Waals surface area contributed by atoms with E-state index < -0.39 is 12.1 Å². The van der Waals surface area contributed by atoms with Crippen molar-refractivity contribution in [2.45, 2.75) is 19.1 Å². The van der Waals surface area contributed by atoms with Crippen LogP contribution in [0, 0.1) is 0 Å². The maximum absolute atomic E-state index is 9.97. The first-order valence-corrected chi connectivity index (χ1v) is 5.24. The highest BCUT2D eigenvalue weighted by atomic mass is 16.7. The van der Waals surface area contributed by atoms with Crippen LogP contribution in [0.4, 0.5) is 0 Å². The molecule has 5 nitrogen and oxygen atoms in total. The van der Waals surface area contributed by atoms with E-state index in [9.17, 15) is 5.11 Å². The number of rotatable bonds is 6. The van der Waals surface area contributed by atoms with Crippen molar-refractivity contribution in [3.05, 3.63) is 29.8 Å². The number of aliphatic hydroxyl groups excluding tert-OH is 1. The van der Waals surface area contributed by atoms with Gasteiger partial charge in [0.15, 0.2) is 0 Å². The Hall–Kier alpha value is -1.14. The molecule has 0 heterocycles. The molecule has 2 N–H and O–H groups in total. The van der Waals surface area contributed by atoms with E-state index in [4.69, 9.17) is 14.2 Å². The number of methoxy groups -OCH3 is 3. The molecule has 17 heavy (non-hydrogen) atoms. The van der Waals surface area contributed by atoms with Crippen molar-refractivity contribution in [3.63, 3.8) is 0 Å². The van der Waals surface area contributed by atoms with Gasteiger partial charge < -0.3 is 19.3 Å². The van der Waals surface area contributed by atoms with Gasteiger partial charge in [0, 0.05) is 21.1 Å². The van der Waals surface area contributed by atoms with E-state index in [1.54, 1.807) is 38.3 Å². The smallest absolute Gasteiger partial charge is 0.226 e. The molecule has 1 unspecified atom stereocenters.